The van der Waals surface area contributed by atoms with E-state index in [-0.39, 0.29) is 6.54 Å². The Morgan fingerprint density at radius 3 is 2.84 bits per heavy atom. The fraction of sp³-hybridized carbons (Fsp3) is 0.0667. The first-order valence-corrected chi connectivity index (χ1v) is 7.90. The summed E-state index contributed by atoms with van der Waals surface area (Å²) in [6, 6.07) is 3.59. The maximum absolute atomic E-state index is 10.8. The number of H-pyrrole nitrogens is 1. The highest BCUT2D eigenvalue weighted by molar-refractivity contribution is 6.45. The lowest BCUT2D eigenvalue weighted by Gasteiger charge is -2.03. The molecule has 3 heterocycles. The van der Waals surface area contributed by atoms with Crippen LogP contribution in [-0.4, -0.2) is 40.8 Å². The molecule has 25 heavy (non-hydrogen) atoms. The van der Waals surface area contributed by atoms with Crippen molar-refractivity contribution in [2.75, 3.05) is 0 Å². The van der Waals surface area contributed by atoms with Crippen molar-refractivity contribution in [3.8, 4) is 16.9 Å². The van der Waals surface area contributed by atoms with Crippen LogP contribution in [0, 0.1) is 0 Å². The molecule has 0 saturated heterocycles. The van der Waals surface area contributed by atoms with Crippen LogP contribution in [-0.2, 0) is 11.3 Å². The zero-order chi connectivity index (χ0) is 17.6. The minimum absolute atomic E-state index is 0.282. The van der Waals surface area contributed by atoms with Crippen molar-refractivity contribution in [3.05, 3.63) is 47.0 Å². The van der Waals surface area contributed by atoms with E-state index in [2.05, 4.69) is 20.5 Å². The number of halogens is 2. The Kier molecular flexibility index (Phi) is 3.70. The van der Waals surface area contributed by atoms with Crippen molar-refractivity contribution < 1.29 is 9.90 Å². The van der Waals surface area contributed by atoms with Crippen molar-refractivity contribution in [3.63, 3.8) is 0 Å². The van der Waals surface area contributed by atoms with Crippen LogP contribution in [0.3, 0.4) is 0 Å². The minimum Gasteiger partial charge on any atom is -0.480 e. The van der Waals surface area contributed by atoms with Gasteiger partial charge in [0, 0.05) is 28.9 Å². The number of carboxylic acids is 1. The molecule has 1 aromatic carbocycles. The van der Waals surface area contributed by atoms with Crippen LogP contribution in [0.5, 0.6) is 0 Å². The molecule has 0 radical (unpaired) electrons. The van der Waals surface area contributed by atoms with Crippen LogP contribution in [0.15, 0.2) is 36.9 Å². The lowest BCUT2D eigenvalue weighted by Crippen LogP contribution is -2.08. The van der Waals surface area contributed by atoms with Gasteiger partial charge in [-0.2, -0.15) is 5.10 Å². The molecule has 3 aromatic heterocycles. The van der Waals surface area contributed by atoms with Crippen molar-refractivity contribution >= 4 is 40.1 Å². The van der Waals surface area contributed by atoms with Gasteiger partial charge in [-0.3, -0.25) is 14.5 Å². The zero-order valence-electron chi connectivity index (χ0n) is 12.5. The van der Waals surface area contributed by atoms with Gasteiger partial charge >= 0.3 is 5.97 Å². The van der Waals surface area contributed by atoms with Crippen molar-refractivity contribution in [2.24, 2.45) is 0 Å². The summed E-state index contributed by atoms with van der Waals surface area (Å²) in [7, 11) is 0. The number of carbonyl (C=O) groups is 1. The van der Waals surface area contributed by atoms with Gasteiger partial charge in [-0.05, 0) is 6.07 Å². The molecule has 4 aromatic rings. The number of rotatable bonds is 4. The Balaban J connectivity index is 1.95. The predicted octanol–water partition coefficient (Wildman–Crippen LogP) is 3.00. The SMILES string of the molecule is O=C(O)Cn1cc(-n2cc(-c3cn[nH]c3)c3ccc(Cl)c(Cl)c32)nn1. The van der Waals surface area contributed by atoms with Gasteiger partial charge in [0.2, 0.25) is 0 Å². The number of nitrogens with zero attached hydrogens (tertiary/aromatic N) is 5. The quantitative estimate of drug-likeness (QED) is 0.569. The molecule has 0 aliphatic carbocycles. The predicted molar refractivity (Wildman–Crippen MR) is 92.1 cm³/mol. The number of hydrogen-bond donors (Lipinski definition) is 2. The molecule has 0 bridgehead atoms. The van der Waals surface area contributed by atoms with Gasteiger partial charge in [0.1, 0.15) is 6.54 Å². The summed E-state index contributed by atoms with van der Waals surface area (Å²) in [5.41, 5.74) is 2.42. The fourth-order valence-electron chi connectivity index (χ4n) is 2.68. The molecular formula is C15H10Cl2N6O2. The second-order valence-electron chi connectivity index (χ2n) is 5.33. The van der Waals surface area contributed by atoms with Gasteiger partial charge in [-0.15, -0.1) is 5.10 Å². The summed E-state index contributed by atoms with van der Waals surface area (Å²) >= 11 is 12.6. The molecule has 10 heteroatoms. The summed E-state index contributed by atoms with van der Waals surface area (Å²) in [5.74, 6) is -0.570. The number of fused-ring (bicyclic) bond motifs is 1. The van der Waals surface area contributed by atoms with Gasteiger partial charge in [0.25, 0.3) is 0 Å². The summed E-state index contributed by atoms with van der Waals surface area (Å²) in [6.07, 6.45) is 6.84. The maximum atomic E-state index is 10.8. The first-order valence-electron chi connectivity index (χ1n) is 7.15. The highest BCUT2D eigenvalue weighted by Gasteiger charge is 2.18. The summed E-state index contributed by atoms with van der Waals surface area (Å²) in [6.45, 7) is -0.282. The standard InChI is InChI=1S/C15H10Cl2N6O2/c16-11-2-1-9-10(8-3-18-19-4-8)5-23(15(9)14(11)17)12-6-22(21-20-12)7-13(24)25/h1-6H,7H2,(H,18,19)(H,24,25). The number of nitrogens with one attached hydrogen (secondary N) is 1. The monoisotopic (exact) mass is 376 g/mol. The third-order valence-corrected chi connectivity index (χ3v) is 4.53. The number of aliphatic carboxylic acids is 1. The lowest BCUT2D eigenvalue weighted by molar-refractivity contribution is -0.137. The molecule has 0 aliphatic rings. The van der Waals surface area contributed by atoms with Gasteiger partial charge in [-0.25, -0.2) is 4.68 Å². The molecular weight excluding hydrogens is 367 g/mol. The van der Waals surface area contributed by atoms with Crippen LogP contribution < -0.4 is 0 Å². The molecule has 0 amide bonds. The Labute approximate surface area is 150 Å². The van der Waals surface area contributed by atoms with Gasteiger partial charge in [0.05, 0.1) is 28.0 Å². The highest BCUT2D eigenvalue weighted by Crippen LogP contribution is 2.38. The van der Waals surface area contributed by atoms with E-state index in [9.17, 15) is 4.79 Å². The minimum atomic E-state index is -1.01. The number of carboxylic acid groups (broad SMARTS) is 1. The van der Waals surface area contributed by atoms with Crippen molar-refractivity contribution in [1.29, 1.82) is 0 Å². The van der Waals surface area contributed by atoms with Crippen LogP contribution in [0.25, 0.3) is 27.8 Å². The molecule has 0 spiro atoms. The maximum Gasteiger partial charge on any atom is 0.325 e. The van der Waals surface area contributed by atoms with Crippen LogP contribution in [0.1, 0.15) is 0 Å². The topological polar surface area (TPSA) is 102 Å². The highest BCUT2D eigenvalue weighted by atomic mass is 35.5. The van der Waals surface area contributed by atoms with E-state index in [4.69, 9.17) is 28.3 Å². The third kappa shape index (κ3) is 2.65. The molecule has 4 rings (SSSR count). The second-order valence-corrected chi connectivity index (χ2v) is 6.11. The molecule has 126 valence electrons. The van der Waals surface area contributed by atoms with Gasteiger partial charge in [0.15, 0.2) is 5.82 Å². The van der Waals surface area contributed by atoms with Crippen molar-refractivity contribution in [1.82, 2.24) is 29.8 Å². The Morgan fingerprint density at radius 2 is 2.12 bits per heavy atom. The largest absolute Gasteiger partial charge is 0.480 e. The van der Waals surface area contributed by atoms with Crippen LogP contribution in [0.2, 0.25) is 10.0 Å². The summed E-state index contributed by atoms with van der Waals surface area (Å²) in [5, 5.41) is 25.2. The first-order chi connectivity index (χ1) is 12.0. The number of benzene rings is 1. The molecule has 0 aliphatic heterocycles. The molecule has 2 N–H and O–H groups in total. The van der Waals surface area contributed by atoms with E-state index in [0.29, 0.717) is 21.4 Å². The van der Waals surface area contributed by atoms with Crippen molar-refractivity contribution in [2.45, 2.75) is 6.54 Å². The average molecular weight is 377 g/mol. The third-order valence-electron chi connectivity index (χ3n) is 3.74. The normalized spacial score (nSPS) is 11.3. The fourth-order valence-corrected chi connectivity index (χ4v) is 3.09. The number of hydrogen-bond acceptors (Lipinski definition) is 4. The molecule has 0 fully saturated rings. The van der Waals surface area contributed by atoms with E-state index in [1.807, 2.05) is 12.3 Å². The summed E-state index contributed by atoms with van der Waals surface area (Å²) < 4.78 is 2.97. The van der Waals surface area contributed by atoms with Crippen LogP contribution >= 0.6 is 23.2 Å². The van der Waals surface area contributed by atoms with E-state index < -0.39 is 5.97 Å². The lowest BCUT2D eigenvalue weighted by atomic mass is 10.1. The van der Waals surface area contributed by atoms with E-state index >= 15 is 0 Å². The van der Waals surface area contributed by atoms with Gasteiger partial charge < -0.3 is 5.11 Å². The zero-order valence-corrected chi connectivity index (χ0v) is 14.0. The molecule has 0 atom stereocenters. The Bertz CT molecular complexity index is 1080. The summed E-state index contributed by atoms with van der Waals surface area (Å²) in [4.78, 5) is 10.8. The van der Waals surface area contributed by atoms with E-state index in [1.54, 1.807) is 23.0 Å². The molecule has 0 unspecified atom stereocenters. The molecule has 8 nitrogen and oxygen atoms in total. The first kappa shape index (κ1) is 15.7. The second kappa shape index (κ2) is 5.91. The van der Waals surface area contributed by atoms with Crippen LogP contribution in [0.4, 0.5) is 0 Å². The Hall–Kier alpha value is -2.84. The average Bonchev–Trinajstić information content (AvgIpc) is 3.28. The smallest absolute Gasteiger partial charge is 0.325 e. The van der Waals surface area contributed by atoms with E-state index in [1.165, 1.54) is 10.9 Å². The van der Waals surface area contributed by atoms with E-state index in [0.717, 1.165) is 16.5 Å². The Morgan fingerprint density at radius 1 is 1.28 bits per heavy atom. The molecule has 0 saturated carbocycles. The number of aromatic amines is 1. The number of aromatic nitrogens is 6. The van der Waals surface area contributed by atoms with Gasteiger partial charge in [-0.1, -0.05) is 34.5 Å².